The van der Waals surface area contributed by atoms with Gasteiger partial charge in [0.1, 0.15) is 4.87 Å². The number of amides is 1. The maximum atomic E-state index is 11.5. The lowest BCUT2D eigenvalue weighted by molar-refractivity contribution is -0.120. The Labute approximate surface area is 108 Å². The van der Waals surface area contributed by atoms with Gasteiger partial charge in [0, 0.05) is 6.61 Å². The summed E-state index contributed by atoms with van der Waals surface area (Å²) in [4.78, 5) is 11.4. The van der Waals surface area contributed by atoms with Gasteiger partial charge in [-0.15, -0.1) is 11.8 Å². The molecule has 2 aliphatic rings. The molecule has 0 radical (unpaired) electrons. The zero-order valence-corrected chi connectivity index (χ0v) is 11.5. The highest BCUT2D eigenvalue weighted by Crippen LogP contribution is 2.42. The Morgan fingerprint density at radius 3 is 3.06 bits per heavy atom. The molecular formula is C13H23NO2S. The minimum atomic E-state index is -0.0957. The van der Waals surface area contributed by atoms with E-state index in [-0.39, 0.29) is 16.9 Å². The van der Waals surface area contributed by atoms with Gasteiger partial charge in [0.25, 0.3) is 0 Å². The second kappa shape index (κ2) is 6.10. The van der Waals surface area contributed by atoms with Gasteiger partial charge in [-0.2, -0.15) is 0 Å². The van der Waals surface area contributed by atoms with Crippen LogP contribution in [0.25, 0.3) is 0 Å². The van der Waals surface area contributed by atoms with Crippen molar-refractivity contribution in [2.24, 2.45) is 0 Å². The summed E-state index contributed by atoms with van der Waals surface area (Å²) in [5.74, 6) is 0.786. The number of carbonyl (C=O) groups excluding carboxylic acids is 1. The molecule has 2 unspecified atom stereocenters. The molecule has 1 saturated heterocycles. The van der Waals surface area contributed by atoms with E-state index >= 15 is 0 Å². The Balaban J connectivity index is 1.86. The molecule has 0 bridgehead atoms. The van der Waals surface area contributed by atoms with E-state index in [0.29, 0.717) is 5.75 Å². The first-order chi connectivity index (χ1) is 8.27. The fourth-order valence-corrected chi connectivity index (χ4v) is 4.02. The van der Waals surface area contributed by atoms with Crippen molar-refractivity contribution in [2.45, 2.75) is 62.8 Å². The molecule has 1 aliphatic carbocycles. The topological polar surface area (TPSA) is 38.3 Å². The first-order valence-electron chi connectivity index (χ1n) is 6.83. The summed E-state index contributed by atoms with van der Waals surface area (Å²) in [6, 6.07) is 0. The second-order valence-electron chi connectivity index (χ2n) is 5.04. The van der Waals surface area contributed by atoms with Crippen LogP contribution >= 0.6 is 11.8 Å². The predicted molar refractivity (Wildman–Crippen MR) is 71.1 cm³/mol. The summed E-state index contributed by atoms with van der Waals surface area (Å²) in [6.07, 6.45) is 8.44. The lowest BCUT2D eigenvalue weighted by atomic mass is 9.91. The van der Waals surface area contributed by atoms with E-state index in [2.05, 4.69) is 12.2 Å². The van der Waals surface area contributed by atoms with Gasteiger partial charge in [-0.1, -0.05) is 32.6 Å². The van der Waals surface area contributed by atoms with Crippen molar-refractivity contribution in [3.05, 3.63) is 0 Å². The van der Waals surface area contributed by atoms with Crippen molar-refractivity contribution in [1.82, 2.24) is 5.32 Å². The predicted octanol–water partition coefficient (Wildman–Crippen LogP) is 2.70. The van der Waals surface area contributed by atoms with Crippen LogP contribution in [0, 0.1) is 0 Å². The molecule has 1 N–H and O–H groups in total. The molecular weight excluding hydrogens is 234 g/mol. The molecule has 1 spiro atoms. The van der Waals surface area contributed by atoms with Crippen LogP contribution in [0.1, 0.15) is 51.9 Å². The van der Waals surface area contributed by atoms with Gasteiger partial charge in [-0.3, -0.25) is 4.79 Å². The monoisotopic (exact) mass is 257 g/mol. The number of hydrogen-bond donors (Lipinski definition) is 1. The fraction of sp³-hybridized carbons (Fsp3) is 0.923. The summed E-state index contributed by atoms with van der Waals surface area (Å²) in [7, 11) is 0. The van der Waals surface area contributed by atoms with Crippen molar-refractivity contribution in [3.8, 4) is 0 Å². The van der Waals surface area contributed by atoms with E-state index < -0.39 is 0 Å². The van der Waals surface area contributed by atoms with Crippen LogP contribution in [0.3, 0.4) is 0 Å². The molecule has 98 valence electrons. The summed E-state index contributed by atoms with van der Waals surface area (Å²) >= 11 is 1.76. The molecule has 17 heavy (non-hydrogen) atoms. The van der Waals surface area contributed by atoms with Crippen LogP contribution in [-0.4, -0.2) is 29.2 Å². The standard InChI is InChI=1S/C13H23NO2S/c1-2-3-6-9-16-11-7-4-5-8-13(11)14-12(15)10-17-13/h11H,2-10H2,1H3,(H,14,15). The third-order valence-corrected chi connectivity index (χ3v) is 5.15. The maximum Gasteiger partial charge on any atom is 0.231 e. The van der Waals surface area contributed by atoms with E-state index in [1.165, 1.54) is 25.7 Å². The zero-order chi connectivity index (χ0) is 12.1. The van der Waals surface area contributed by atoms with Crippen molar-refractivity contribution < 1.29 is 9.53 Å². The lowest BCUT2D eigenvalue weighted by Crippen LogP contribution is -2.52. The molecule has 1 amide bonds. The van der Waals surface area contributed by atoms with Crippen LogP contribution in [0.5, 0.6) is 0 Å². The highest BCUT2D eigenvalue weighted by Gasteiger charge is 2.47. The average molecular weight is 257 g/mol. The summed E-state index contributed by atoms with van der Waals surface area (Å²) in [6.45, 7) is 3.05. The van der Waals surface area contributed by atoms with Crippen molar-refractivity contribution in [3.63, 3.8) is 0 Å². The third-order valence-electron chi connectivity index (χ3n) is 3.66. The van der Waals surface area contributed by atoms with Gasteiger partial charge in [0.2, 0.25) is 5.91 Å². The Morgan fingerprint density at radius 1 is 1.47 bits per heavy atom. The van der Waals surface area contributed by atoms with Crippen LogP contribution in [0.4, 0.5) is 0 Å². The lowest BCUT2D eigenvalue weighted by Gasteiger charge is -2.40. The highest BCUT2D eigenvalue weighted by atomic mass is 32.2. The normalized spacial score (nSPS) is 33.0. The molecule has 2 fully saturated rings. The molecule has 0 aromatic heterocycles. The molecule has 0 aromatic carbocycles. The molecule has 2 atom stereocenters. The van der Waals surface area contributed by atoms with Crippen LogP contribution < -0.4 is 5.32 Å². The van der Waals surface area contributed by atoms with Gasteiger partial charge in [0.05, 0.1) is 11.9 Å². The summed E-state index contributed by atoms with van der Waals surface area (Å²) < 4.78 is 6.04. The first-order valence-corrected chi connectivity index (χ1v) is 7.82. The Morgan fingerprint density at radius 2 is 2.35 bits per heavy atom. The molecule has 0 aromatic rings. The molecule has 4 heteroatoms. The van der Waals surface area contributed by atoms with E-state index in [1.807, 2.05) is 0 Å². The summed E-state index contributed by atoms with van der Waals surface area (Å²) in [5, 5.41) is 3.16. The van der Waals surface area contributed by atoms with Crippen LogP contribution in [0.2, 0.25) is 0 Å². The second-order valence-corrected chi connectivity index (χ2v) is 6.34. The number of thioether (sulfide) groups is 1. The number of ether oxygens (including phenoxy) is 1. The number of hydrogen-bond acceptors (Lipinski definition) is 3. The van der Waals surface area contributed by atoms with Crippen molar-refractivity contribution in [2.75, 3.05) is 12.4 Å². The first kappa shape index (κ1) is 13.2. The van der Waals surface area contributed by atoms with Gasteiger partial charge < -0.3 is 10.1 Å². The fourth-order valence-electron chi connectivity index (χ4n) is 2.72. The molecule has 1 saturated carbocycles. The maximum absolute atomic E-state index is 11.5. The minimum Gasteiger partial charge on any atom is -0.375 e. The van der Waals surface area contributed by atoms with Crippen LogP contribution in [0.15, 0.2) is 0 Å². The molecule has 3 nitrogen and oxygen atoms in total. The third kappa shape index (κ3) is 3.16. The minimum absolute atomic E-state index is 0.0957. The number of carbonyl (C=O) groups is 1. The molecule has 1 heterocycles. The Bertz CT molecular complexity index is 272. The number of nitrogens with one attached hydrogen (secondary N) is 1. The molecule has 2 rings (SSSR count). The smallest absolute Gasteiger partial charge is 0.231 e. The van der Waals surface area contributed by atoms with E-state index in [4.69, 9.17) is 4.74 Å². The largest absolute Gasteiger partial charge is 0.375 e. The number of unbranched alkanes of at least 4 members (excludes halogenated alkanes) is 2. The van der Waals surface area contributed by atoms with E-state index in [0.717, 1.165) is 25.9 Å². The van der Waals surface area contributed by atoms with E-state index in [9.17, 15) is 4.79 Å². The van der Waals surface area contributed by atoms with E-state index in [1.54, 1.807) is 11.8 Å². The highest BCUT2D eigenvalue weighted by molar-refractivity contribution is 8.01. The summed E-state index contributed by atoms with van der Waals surface area (Å²) in [5.41, 5.74) is 0. The van der Waals surface area contributed by atoms with Gasteiger partial charge in [-0.25, -0.2) is 0 Å². The van der Waals surface area contributed by atoms with Gasteiger partial charge in [-0.05, 0) is 19.3 Å². The van der Waals surface area contributed by atoms with Gasteiger partial charge in [0.15, 0.2) is 0 Å². The van der Waals surface area contributed by atoms with Crippen molar-refractivity contribution >= 4 is 17.7 Å². The van der Waals surface area contributed by atoms with Crippen molar-refractivity contribution in [1.29, 1.82) is 0 Å². The zero-order valence-electron chi connectivity index (χ0n) is 10.7. The Kier molecular flexibility index (Phi) is 4.74. The average Bonchev–Trinajstić information content (AvgIpc) is 2.69. The Hall–Kier alpha value is -0.220. The molecule has 1 aliphatic heterocycles. The van der Waals surface area contributed by atoms with Crippen LogP contribution in [-0.2, 0) is 9.53 Å². The number of rotatable bonds is 5. The SMILES string of the molecule is CCCCCOC1CCCCC12NC(=O)CS2. The quantitative estimate of drug-likeness (QED) is 0.770. The van der Waals surface area contributed by atoms with Gasteiger partial charge >= 0.3 is 0 Å².